The van der Waals surface area contributed by atoms with Gasteiger partial charge in [-0.3, -0.25) is 4.79 Å². The van der Waals surface area contributed by atoms with Crippen molar-refractivity contribution in [3.05, 3.63) is 47.8 Å². The molecule has 7 heteroatoms. The van der Waals surface area contributed by atoms with E-state index in [1.165, 1.54) is 18.5 Å². The molecule has 2 N–H and O–H groups in total. The van der Waals surface area contributed by atoms with Crippen LogP contribution in [-0.4, -0.2) is 21.9 Å². The third kappa shape index (κ3) is 3.31. The quantitative estimate of drug-likeness (QED) is 0.907. The number of nitrogens with one attached hydrogen (secondary N) is 2. The first kappa shape index (κ1) is 13.4. The highest BCUT2D eigenvalue weighted by molar-refractivity contribution is 5.94. The van der Waals surface area contributed by atoms with E-state index in [2.05, 4.69) is 20.6 Å². The molecule has 0 saturated heterocycles. The van der Waals surface area contributed by atoms with Gasteiger partial charge in [0, 0.05) is 30.2 Å². The highest BCUT2D eigenvalue weighted by Crippen LogP contribution is 2.19. The number of amides is 1. The van der Waals surface area contributed by atoms with E-state index in [0.29, 0.717) is 11.3 Å². The van der Waals surface area contributed by atoms with Crippen molar-refractivity contribution in [2.45, 2.75) is 18.9 Å². The summed E-state index contributed by atoms with van der Waals surface area (Å²) in [5.74, 6) is -1.89. The number of aromatic nitrogens is 2. The van der Waals surface area contributed by atoms with Gasteiger partial charge in [0.05, 0.1) is 5.56 Å². The zero-order valence-electron chi connectivity index (χ0n) is 10.9. The summed E-state index contributed by atoms with van der Waals surface area (Å²) in [6.45, 7) is 0. The van der Waals surface area contributed by atoms with Gasteiger partial charge in [-0.05, 0) is 25.0 Å². The first-order valence-corrected chi connectivity index (χ1v) is 6.47. The lowest BCUT2D eigenvalue weighted by Gasteiger charge is -2.06. The summed E-state index contributed by atoms with van der Waals surface area (Å²) in [6.07, 6.45) is 4.77. The Morgan fingerprint density at radius 3 is 2.48 bits per heavy atom. The van der Waals surface area contributed by atoms with Crippen LogP contribution >= 0.6 is 0 Å². The largest absolute Gasteiger partial charge is 0.349 e. The lowest BCUT2D eigenvalue weighted by atomic mass is 10.3. The van der Waals surface area contributed by atoms with Crippen LogP contribution in [0.1, 0.15) is 23.2 Å². The number of carbonyl (C=O) groups is 1. The number of nitrogens with zero attached hydrogens (tertiary/aromatic N) is 2. The van der Waals surface area contributed by atoms with Crippen molar-refractivity contribution in [2.24, 2.45) is 0 Å². The van der Waals surface area contributed by atoms with E-state index >= 15 is 0 Å². The van der Waals surface area contributed by atoms with Crippen molar-refractivity contribution in [2.75, 3.05) is 5.32 Å². The SMILES string of the molecule is O=C(NC1CC1)c1cnc(Nc2ccc(F)c(F)c2)nc1. The zero-order chi connectivity index (χ0) is 14.8. The van der Waals surface area contributed by atoms with Crippen LogP contribution in [0.4, 0.5) is 20.4 Å². The predicted molar refractivity (Wildman–Crippen MR) is 72.2 cm³/mol. The second-order valence-electron chi connectivity index (χ2n) is 4.80. The highest BCUT2D eigenvalue weighted by atomic mass is 19.2. The number of anilines is 2. The van der Waals surface area contributed by atoms with E-state index in [4.69, 9.17) is 0 Å². The molecule has 5 nitrogen and oxygen atoms in total. The minimum atomic E-state index is -0.958. The lowest BCUT2D eigenvalue weighted by molar-refractivity contribution is 0.0950. The van der Waals surface area contributed by atoms with Gasteiger partial charge in [-0.15, -0.1) is 0 Å². The first-order chi connectivity index (χ1) is 10.1. The van der Waals surface area contributed by atoms with Gasteiger partial charge < -0.3 is 10.6 Å². The number of halogens is 2. The molecule has 1 aromatic carbocycles. The number of rotatable bonds is 4. The molecule has 0 atom stereocenters. The molecule has 1 fully saturated rings. The Balaban J connectivity index is 1.68. The molecule has 1 saturated carbocycles. The zero-order valence-corrected chi connectivity index (χ0v) is 10.9. The molecule has 21 heavy (non-hydrogen) atoms. The Kier molecular flexibility index (Phi) is 3.47. The normalized spacial score (nSPS) is 13.8. The fourth-order valence-corrected chi connectivity index (χ4v) is 1.71. The molecule has 1 aliphatic rings. The minimum absolute atomic E-state index is 0.198. The van der Waals surface area contributed by atoms with Gasteiger partial charge in [0.15, 0.2) is 11.6 Å². The summed E-state index contributed by atoms with van der Waals surface area (Å²) in [6, 6.07) is 3.65. The molecule has 108 valence electrons. The van der Waals surface area contributed by atoms with Gasteiger partial charge in [-0.1, -0.05) is 0 Å². The van der Waals surface area contributed by atoms with Gasteiger partial charge in [-0.25, -0.2) is 18.7 Å². The topological polar surface area (TPSA) is 66.9 Å². The molecule has 0 bridgehead atoms. The van der Waals surface area contributed by atoms with E-state index in [0.717, 1.165) is 25.0 Å². The summed E-state index contributed by atoms with van der Waals surface area (Å²) in [7, 11) is 0. The fraction of sp³-hybridized carbons (Fsp3) is 0.214. The summed E-state index contributed by atoms with van der Waals surface area (Å²) < 4.78 is 25.9. The van der Waals surface area contributed by atoms with Gasteiger partial charge in [-0.2, -0.15) is 0 Å². The van der Waals surface area contributed by atoms with Crippen LogP contribution in [0.3, 0.4) is 0 Å². The first-order valence-electron chi connectivity index (χ1n) is 6.47. The van der Waals surface area contributed by atoms with Crippen LogP contribution in [0, 0.1) is 11.6 Å². The van der Waals surface area contributed by atoms with E-state index in [1.54, 1.807) is 0 Å². The number of hydrogen-bond acceptors (Lipinski definition) is 4. The second-order valence-corrected chi connectivity index (χ2v) is 4.80. The number of benzene rings is 1. The Bertz CT molecular complexity index is 671. The second kappa shape index (κ2) is 5.43. The summed E-state index contributed by atoms with van der Waals surface area (Å²) in [5, 5.41) is 5.55. The maximum Gasteiger partial charge on any atom is 0.254 e. The minimum Gasteiger partial charge on any atom is -0.349 e. The molecule has 1 amide bonds. The third-order valence-electron chi connectivity index (χ3n) is 3.00. The molecule has 1 aliphatic carbocycles. The van der Waals surface area contributed by atoms with Crippen molar-refractivity contribution in [3.63, 3.8) is 0 Å². The lowest BCUT2D eigenvalue weighted by Crippen LogP contribution is -2.25. The molecule has 3 rings (SSSR count). The molecule has 2 aromatic rings. The maximum atomic E-state index is 13.1. The van der Waals surface area contributed by atoms with Crippen molar-refractivity contribution in [3.8, 4) is 0 Å². The van der Waals surface area contributed by atoms with Gasteiger partial charge in [0.25, 0.3) is 5.91 Å². The Morgan fingerprint density at radius 1 is 1.14 bits per heavy atom. The molecule has 1 heterocycles. The number of hydrogen-bond donors (Lipinski definition) is 2. The van der Waals surface area contributed by atoms with Gasteiger partial charge in [0.1, 0.15) is 0 Å². The van der Waals surface area contributed by atoms with Crippen molar-refractivity contribution in [1.82, 2.24) is 15.3 Å². The maximum absolute atomic E-state index is 13.1. The van der Waals surface area contributed by atoms with Crippen LogP contribution in [0.2, 0.25) is 0 Å². The Labute approximate surface area is 119 Å². The predicted octanol–water partition coefficient (Wildman–Crippen LogP) is 2.39. The summed E-state index contributed by atoms with van der Waals surface area (Å²) in [5.41, 5.74) is 0.682. The average Bonchev–Trinajstić information content (AvgIpc) is 3.28. The van der Waals surface area contributed by atoms with Crippen LogP contribution < -0.4 is 10.6 Å². The Hall–Kier alpha value is -2.57. The smallest absolute Gasteiger partial charge is 0.254 e. The molecule has 1 aromatic heterocycles. The molecular formula is C14H12F2N4O. The monoisotopic (exact) mass is 290 g/mol. The van der Waals surface area contributed by atoms with E-state index < -0.39 is 11.6 Å². The van der Waals surface area contributed by atoms with Crippen LogP contribution in [0.25, 0.3) is 0 Å². The van der Waals surface area contributed by atoms with Crippen LogP contribution in [-0.2, 0) is 0 Å². The van der Waals surface area contributed by atoms with E-state index in [9.17, 15) is 13.6 Å². The Morgan fingerprint density at radius 2 is 1.86 bits per heavy atom. The highest BCUT2D eigenvalue weighted by Gasteiger charge is 2.23. The van der Waals surface area contributed by atoms with Crippen LogP contribution in [0.15, 0.2) is 30.6 Å². The van der Waals surface area contributed by atoms with E-state index in [-0.39, 0.29) is 17.9 Å². The molecular weight excluding hydrogens is 278 g/mol. The number of carbonyl (C=O) groups excluding carboxylic acids is 1. The van der Waals surface area contributed by atoms with Crippen molar-refractivity contribution < 1.29 is 13.6 Å². The van der Waals surface area contributed by atoms with Gasteiger partial charge in [0.2, 0.25) is 5.95 Å². The standard InChI is InChI=1S/C14H12F2N4O/c15-11-4-3-10(5-12(11)16)20-14-17-6-8(7-18-14)13(21)19-9-1-2-9/h3-7,9H,1-2H2,(H,19,21)(H,17,18,20). The van der Waals surface area contributed by atoms with Crippen LogP contribution in [0.5, 0.6) is 0 Å². The molecule has 0 unspecified atom stereocenters. The molecule has 0 aliphatic heterocycles. The van der Waals surface area contributed by atoms with Gasteiger partial charge >= 0.3 is 0 Å². The average molecular weight is 290 g/mol. The third-order valence-corrected chi connectivity index (χ3v) is 3.00. The fourth-order valence-electron chi connectivity index (χ4n) is 1.71. The molecule has 0 radical (unpaired) electrons. The van der Waals surface area contributed by atoms with Crippen molar-refractivity contribution >= 4 is 17.5 Å². The summed E-state index contributed by atoms with van der Waals surface area (Å²) >= 11 is 0. The van der Waals surface area contributed by atoms with E-state index in [1.807, 2.05) is 0 Å². The molecule has 0 spiro atoms. The van der Waals surface area contributed by atoms with Crippen molar-refractivity contribution in [1.29, 1.82) is 0 Å². The summed E-state index contributed by atoms with van der Waals surface area (Å²) in [4.78, 5) is 19.7.